The summed E-state index contributed by atoms with van der Waals surface area (Å²) in [6.07, 6.45) is 6.89. The Morgan fingerprint density at radius 1 is 1.22 bits per heavy atom. The molecule has 4 heterocycles. The van der Waals surface area contributed by atoms with Gasteiger partial charge in [-0.15, -0.1) is 0 Å². The predicted molar refractivity (Wildman–Crippen MR) is 125 cm³/mol. The van der Waals surface area contributed by atoms with E-state index in [0.717, 1.165) is 73.7 Å². The molecule has 170 valence electrons. The van der Waals surface area contributed by atoms with E-state index in [2.05, 4.69) is 26.9 Å². The third-order valence-electron chi connectivity index (χ3n) is 6.88. The highest BCUT2D eigenvalue weighted by molar-refractivity contribution is 7.90. The Labute approximate surface area is 187 Å². The van der Waals surface area contributed by atoms with Crippen molar-refractivity contribution in [2.24, 2.45) is 11.1 Å². The average Bonchev–Trinajstić information content (AvgIpc) is 3.21. The van der Waals surface area contributed by atoms with Gasteiger partial charge in [-0.2, -0.15) is 5.10 Å². The predicted octanol–water partition coefficient (Wildman–Crippen LogP) is 2.41. The van der Waals surface area contributed by atoms with Crippen molar-refractivity contribution in [1.29, 1.82) is 0 Å². The summed E-state index contributed by atoms with van der Waals surface area (Å²) in [7, 11) is -3.24. The van der Waals surface area contributed by atoms with E-state index >= 15 is 0 Å². The summed E-state index contributed by atoms with van der Waals surface area (Å²) in [5.74, 6) is 1.57. The van der Waals surface area contributed by atoms with E-state index in [1.807, 2.05) is 12.3 Å². The van der Waals surface area contributed by atoms with Crippen molar-refractivity contribution in [2.75, 3.05) is 42.2 Å². The summed E-state index contributed by atoms with van der Waals surface area (Å²) in [4.78, 5) is 14.2. The normalized spacial score (nSPS) is 18.7. The Balaban J connectivity index is 1.44. The Hall–Kier alpha value is -2.72. The van der Waals surface area contributed by atoms with Gasteiger partial charge in [0.05, 0.1) is 11.1 Å². The highest BCUT2D eigenvalue weighted by atomic mass is 32.2. The van der Waals surface area contributed by atoms with Gasteiger partial charge in [0, 0.05) is 31.6 Å². The molecule has 1 fully saturated rings. The molecule has 32 heavy (non-hydrogen) atoms. The summed E-state index contributed by atoms with van der Waals surface area (Å²) in [6, 6.07) is 5.31. The number of aromatic amines is 1. The lowest BCUT2D eigenvalue weighted by Gasteiger charge is -2.39. The van der Waals surface area contributed by atoms with Crippen LogP contribution in [0.15, 0.2) is 29.3 Å². The molecule has 0 unspecified atom stereocenters. The Bertz CT molecular complexity index is 1260. The molecule has 9 nitrogen and oxygen atoms in total. The zero-order valence-electron chi connectivity index (χ0n) is 18.5. The van der Waals surface area contributed by atoms with Gasteiger partial charge in [-0.1, -0.05) is 6.92 Å². The first-order chi connectivity index (χ1) is 15.3. The van der Waals surface area contributed by atoms with Gasteiger partial charge in [0.1, 0.15) is 5.82 Å². The lowest BCUT2D eigenvalue weighted by molar-refractivity contribution is 0.258. The number of hydrogen-bond donors (Lipinski definition) is 2. The number of nitrogens with one attached hydrogen (secondary N) is 1. The van der Waals surface area contributed by atoms with Crippen molar-refractivity contribution in [1.82, 2.24) is 20.2 Å². The van der Waals surface area contributed by atoms with Gasteiger partial charge in [0.25, 0.3) is 0 Å². The maximum atomic E-state index is 12.0. The van der Waals surface area contributed by atoms with Crippen molar-refractivity contribution >= 4 is 38.3 Å². The maximum Gasteiger partial charge on any atom is 0.183 e. The van der Waals surface area contributed by atoms with Crippen LogP contribution in [0, 0.1) is 5.41 Å². The minimum atomic E-state index is -3.24. The largest absolute Gasteiger partial charge is 0.355 e. The highest BCUT2D eigenvalue weighted by Gasteiger charge is 2.30. The Kier molecular flexibility index (Phi) is 5.09. The summed E-state index contributed by atoms with van der Waals surface area (Å²) in [6.45, 7) is 5.57. The molecule has 0 radical (unpaired) electrons. The molecule has 0 saturated carbocycles. The van der Waals surface area contributed by atoms with E-state index in [4.69, 9.17) is 15.7 Å². The molecule has 2 aromatic heterocycles. The van der Waals surface area contributed by atoms with Crippen molar-refractivity contribution in [3.05, 3.63) is 30.0 Å². The van der Waals surface area contributed by atoms with Crippen LogP contribution in [-0.4, -0.2) is 61.0 Å². The second-order valence-corrected chi connectivity index (χ2v) is 11.3. The molecule has 0 aliphatic carbocycles. The van der Waals surface area contributed by atoms with Crippen LogP contribution in [0.25, 0.3) is 11.2 Å². The third-order valence-corrected chi connectivity index (χ3v) is 7.99. The molecule has 2 aliphatic rings. The quantitative estimate of drug-likeness (QED) is 0.615. The van der Waals surface area contributed by atoms with E-state index in [1.54, 1.807) is 12.1 Å². The molecule has 0 spiro atoms. The number of piperidine rings is 1. The molecule has 0 amide bonds. The zero-order chi connectivity index (χ0) is 22.5. The first kappa shape index (κ1) is 21.1. The van der Waals surface area contributed by atoms with Crippen LogP contribution >= 0.6 is 0 Å². The molecule has 3 N–H and O–H groups in total. The number of nitrogens with two attached hydrogens (primary N) is 1. The number of sulfone groups is 1. The lowest BCUT2D eigenvalue weighted by Crippen LogP contribution is -2.42. The van der Waals surface area contributed by atoms with Crippen LogP contribution in [0.4, 0.5) is 17.3 Å². The van der Waals surface area contributed by atoms with Gasteiger partial charge in [0.15, 0.2) is 26.8 Å². The first-order valence-electron chi connectivity index (χ1n) is 11.0. The van der Waals surface area contributed by atoms with Gasteiger partial charge >= 0.3 is 0 Å². The smallest absolute Gasteiger partial charge is 0.183 e. The fraction of sp³-hybridized carbons (Fsp3) is 0.500. The molecule has 3 aromatic rings. The van der Waals surface area contributed by atoms with E-state index in [1.165, 1.54) is 6.26 Å². The van der Waals surface area contributed by atoms with E-state index in [9.17, 15) is 8.42 Å². The van der Waals surface area contributed by atoms with E-state index in [0.29, 0.717) is 17.1 Å². The molecular weight excluding hydrogens is 426 g/mol. The molecule has 5 rings (SSSR count). The number of H-pyrrole nitrogens is 1. The maximum absolute atomic E-state index is 12.0. The highest BCUT2D eigenvalue weighted by Crippen LogP contribution is 2.37. The second-order valence-electron chi connectivity index (χ2n) is 9.29. The van der Waals surface area contributed by atoms with Crippen molar-refractivity contribution in [3.63, 3.8) is 0 Å². The number of benzene rings is 1. The zero-order valence-corrected chi connectivity index (χ0v) is 19.3. The van der Waals surface area contributed by atoms with E-state index < -0.39 is 9.84 Å². The van der Waals surface area contributed by atoms with Crippen LogP contribution in [0.2, 0.25) is 0 Å². The number of fused-ring (bicyclic) bond motifs is 2. The van der Waals surface area contributed by atoms with Crippen LogP contribution in [0.3, 0.4) is 0 Å². The summed E-state index contributed by atoms with van der Waals surface area (Å²) >= 11 is 0. The minimum absolute atomic E-state index is 0.202. The van der Waals surface area contributed by atoms with Gasteiger partial charge in [-0.05, 0) is 61.4 Å². The van der Waals surface area contributed by atoms with Crippen LogP contribution < -0.4 is 15.5 Å². The number of rotatable bonds is 4. The number of anilines is 3. The Morgan fingerprint density at radius 3 is 2.72 bits per heavy atom. The molecule has 1 saturated heterocycles. The number of hydrogen-bond acceptors (Lipinski definition) is 8. The van der Waals surface area contributed by atoms with Gasteiger partial charge in [-0.3, -0.25) is 5.10 Å². The molecule has 10 heteroatoms. The second kappa shape index (κ2) is 7.70. The third kappa shape index (κ3) is 3.71. The SMILES string of the molecule is CC1(CN)CCN(c2cnc3c(N4CCCc5cc(S(C)(=O)=O)ccc54)n[nH]c3n2)CC1. The number of aryl methyl sites for hydroxylation is 1. The van der Waals surface area contributed by atoms with Crippen molar-refractivity contribution in [3.8, 4) is 0 Å². The van der Waals surface area contributed by atoms with Crippen molar-refractivity contribution in [2.45, 2.75) is 37.5 Å². The van der Waals surface area contributed by atoms with Gasteiger partial charge in [0.2, 0.25) is 0 Å². The summed E-state index contributed by atoms with van der Waals surface area (Å²) in [5, 5.41) is 7.59. The summed E-state index contributed by atoms with van der Waals surface area (Å²) < 4.78 is 23.9. The topological polar surface area (TPSA) is 121 Å². The molecule has 0 bridgehead atoms. The molecule has 1 aromatic carbocycles. The van der Waals surface area contributed by atoms with Crippen molar-refractivity contribution < 1.29 is 8.42 Å². The average molecular weight is 456 g/mol. The monoisotopic (exact) mass is 455 g/mol. The molecule has 0 atom stereocenters. The summed E-state index contributed by atoms with van der Waals surface area (Å²) in [5.41, 5.74) is 9.50. The fourth-order valence-electron chi connectivity index (χ4n) is 4.62. The van der Waals surface area contributed by atoms with Crippen LogP contribution in [-0.2, 0) is 16.3 Å². The lowest BCUT2D eigenvalue weighted by atomic mass is 9.80. The van der Waals surface area contributed by atoms with Gasteiger partial charge < -0.3 is 15.5 Å². The van der Waals surface area contributed by atoms with Crippen LogP contribution in [0.5, 0.6) is 0 Å². The minimum Gasteiger partial charge on any atom is -0.355 e. The van der Waals surface area contributed by atoms with E-state index in [-0.39, 0.29) is 5.41 Å². The number of aromatic nitrogens is 4. The molecule has 2 aliphatic heterocycles. The van der Waals surface area contributed by atoms with Crippen LogP contribution in [0.1, 0.15) is 31.7 Å². The number of nitrogens with zero attached hydrogens (tertiary/aromatic N) is 5. The first-order valence-corrected chi connectivity index (χ1v) is 12.9. The standard InChI is InChI=1S/C22H29N7O2S/c1-22(14-23)7-10-28(11-8-22)18-13-24-19-20(25-18)26-27-21(19)29-9-3-4-15-12-16(32(2,30)31)5-6-17(15)29/h5-6,12-13H,3-4,7-11,14,23H2,1-2H3,(H,25,26,27). The fourth-order valence-corrected chi connectivity index (χ4v) is 5.30. The Morgan fingerprint density at radius 2 is 2.00 bits per heavy atom. The molecular formula is C22H29N7O2S. The van der Waals surface area contributed by atoms with Gasteiger partial charge in [-0.25, -0.2) is 18.4 Å².